The SMILES string of the molecule is CCOC(=O)CCN(Cc1ccco1)c1ncnc(NCCc2cc(OC)cc(OC)c2)c1[N+](=O)[O-]. The van der Waals surface area contributed by atoms with Gasteiger partial charge < -0.3 is 28.8 Å². The van der Waals surface area contributed by atoms with E-state index in [1.54, 1.807) is 44.2 Å². The molecule has 3 rings (SSSR count). The summed E-state index contributed by atoms with van der Waals surface area (Å²) in [7, 11) is 3.14. The Labute approximate surface area is 208 Å². The standard InChI is InChI=1S/C24H29N5O7/c1-4-35-21(30)8-10-28(15-18-6-5-11-36-18)24-22(29(31)32)23(26-16-27-24)25-9-7-17-12-19(33-2)14-20(13-17)34-3/h5-6,11-14,16H,4,7-10,15H2,1-3H3,(H,25,26,27). The molecule has 0 aliphatic rings. The summed E-state index contributed by atoms with van der Waals surface area (Å²) >= 11 is 0. The van der Waals surface area contributed by atoms with Gasteiger partial charge in [-0.05, 0) is 43.2 Å². The van der Waals surface area contributed by atoms with Crippen molar-refractivity contribution < 1.29 is 28.3 Å². The third kappa shape index (κ3) is 7.08. The van der Waals surface area contributed by atoms with Gasteiger partial charge in [0.05, 0.1) is 45.0 Å². The molecule has 3 aromatic rings. The topological polar surface area (TPSA) is 142 Å². The van der Waals surface area contributed by atoms with Crippen molar-refractivity contribution in [3.05, 3.63) is 64.4 Å². The van der Waals surface area contributed by atoms with Crippen molar-refractivity contribution in [2.24, 2.45) is 0 Å². The quantitative estimate of drug-likeness (QED) is 0.197. The molecule has 0 fully saturated rings. The molecule has 12 nitrogen and oxygen atoms in total. The maximum absolute atomic E-state index is 12.1. The largest absolute Gasteiger partial charge is 0.497 e. The minimum Gasteiger partial charge on any atom is -0.497 e. The normalized spacial score (nSPS) is 10.5. The van der Waals surface area contributed by atoms with Gasteiger partial charge in [0.25, 0.3) is 0 Å². The number of hydrogen-bond acceptors (Lipinski definition) is 11. The van der Waals surface area contributed by atoms with E-state index in [2.05, 4.69) is 15.3 Å². The van der Waals surface area contributed by atoms with Gasteiger partial charge >= 0.3 is 11.7 Å². The molecule has 1 aromatic carbocycles. The molecule has 2 heterocycles. The van der Waals surface area contributed by atoms with Crippen molar-refractivity contribution in [3.8, 4) is 11.5 Å². The molecule has 1 N–H and O–H groups in total. The van der Waals surface area contributed by atoms with Crippen molar-refractivity contribution in [2.75, 3.05) is 44.1 Å². The molecule has 0 bridgehead atoms. The van der Waals surface area contributed by atoms with E-state index in [-0.39, 0.29) is 43.4 Å². The van der Waals surface area contributed by atoms with Crippen LogP contribution < -0.4 is 19.7 Å². The minimum atomic E-state index is -0.536. The molecule has 0 radical (unpaired) electrons. The summed E-state index contributed by atoms with van der Waals surface area (Å²) in [5, 5.41) is 15.1. The molecular formula is C24H29N5O7. The van der Waals surface area contributed by atoms with E-state index in [9.17, 15) is 14.9 Å². The predicted octanol–water partition coefficient (Wildman–Crippen LogP) is 3.61. The number of anilines is 2. The summed E-state index contributed by atoms with van der Waals surface area (Å²) in [4.78, 5) is 33.4. The van der Waals surface area contributed by atoms with E-state index in [1.807, 2.05) is 12.1 Å². The monoisotopic (exact) mass is 499 g/mol. The highest BCUT2D eigenvalue weighted by Gasteiger charge is 2.28. The number of rotatable bonds is 14. The van der Waals surface area contributed by atoms with E-state index >= 15 is 0 Å². The first-order chi connectivity index (χ1) is 17.4. The van der Waals surface area contributed by atoms with Gasteiger partial charge in [-0.3, -0.25) is 14.9 Å². The highest BCUT2D eigenvalue weighted by molar-refractivity contribution is 5.73. The summed E-state index contributed by atoms with van der Waals surface area (Å²) in [5.41, 5.74) is 0.626. The van der Waals surface area contributed by atoms with Crippen LogP contribution >= 0.6 is 0 Å². The Bertz CT molecular complexity index is 1130. The van der Waals surface area contributed by atoms with E-state index in [0.29, 0.717) is 30.2 Å². The number of ether oxygens (including phenoxy) is 3. The smallest absolute Gasteiger partial charge is 0.353 e. The number of aromatic nitrogens is 2. The van der Waals surface area contributed by atoms with Crippen molar-refractivity contribution in [1.29, 1.82) is 0 Å². The van der Waals surface area contributed by atoms with Crippen LogP contribution in [-0.2, 0) is 22.5 Å². The lowest BCUT2D eigenvalue weighted by atomic mass is 10.1. The number of furan rings is 1. The average Bonchev–Trinajstić information content (AvgIpc) is 3.39. The first kappa shape index (κ1) is 26.3. The fourth-order valence-electron chi connectivity index (χ4n) is 3.54. The third-order valence-electron chi connectivity index (χ3n) is 5.22. The van der Waals surface area contributed by atoms with Crippen LogP contribution in [0, 0.1) is 10.1 Å². The van der Waals surface area contributed by atoms with Gasteiger partial charge in [0.2, 0.25) is 11.6 Å². The van der Waals surface area contributed by atoms with Crippen LogP contribution in [0.3, 0.4) is 0 Å². The number of nitro groups is 1. The molecule has 0 unspecified atom stereocenters. The van der Waals surface area contributed by atoms with Crippen LogP contribution in [-0.4, -0.2) is 54.8 Å². The fourth-order valence-corrected chi connectivity index (χ4v) is 3.54. The van der Waals surface area contributed by atoms with Crippen molar-refractivity contribution in [3.63, 3.8) is 0 Å². The molecule has 0 saturated carbocycles. The number of carbonyl (C=O) groups excluding carboxylic acids is 1. The van der Waals surface area contributed by atoms with Crippen LogP contribution in [0.1, 0.15) is 24.7 Å². The summed E-state index contributed by atoms with van der Waals surface area (Å²) in [6, 6.07) is 8.96. The highest BCUT2D eigenvalue weighted by Crippen LogP contribution is 2.33. The average molecular weight is 500 g/mol. The van der Waals surface area contributed by atoms with Gasteiger partial charge in [0.15, 0.2) is 0 Å². The first-order valence-electron chi connectivity index (χ1n) is 11.3. The number of methoxy groups -OCH3 is 2. The Morgan fingerprint density at radius 3 is 2.56 bits per heavy atom. The lowest BCUT2D eigenvalue weighted by molar-refractivity contribution is -0.383. The second-order valence-electron chi connectivity index (χ2n) is 7.61. The summed E-state index contributed by atoms with van der Waals surface area (Å²) in [6.07, 6.45) is 3.31. The van der Waals surface area contributed by atoms with E-state index in [1.165, 1.54) is 12.6 Å². The highest BCUT2D eigenvalue weighted by atomic mass is 16.6. The zero-order chi connectivity index (χ0) is 25.9. The Balaban J connectivity index is 1.82. The Morgan fingerprint density at radius 1 is 1.19 bits per heavy atom. The number of nitrogens with one attached hydrogen (secondary N) is 1. The third-order valence-corrected chi connectivity index (χ3v) is 5.22. The molecule has 0 saturated heterocycles. The van der Waals surface area contributed by atoms with Crippen molar-refractivity contribution in [2.45, 2.75) is 26.3 Å². The lowest BCUT2D eigenvalue weighted by Crippen LogP contribution is -2.28. The zero-order valence-electron chi connectivity index (χ0n) is 20.4. The predicted molar refractivity (Wildman–Crippen MR) is 131 cm³/mol. The maximum atomic E-state index is 12.1. The Morgan fingerprint density at radius 2 is 1.94 bits per heavy atom. The summed E-state index contributed by atoms with van der Waals surface area (Å²) < 4.78 is 21.0. The van der Waals surface area contributed by atoms with Crippen LogP contribution in [0.2, 0.25) is 0 Å². The molecule has 0 aliphatic carbocycles. The van der Waals surface area contributed by atoms with E-state index < -0.39 is 10.9 Å². The van der Waals surface area contributed by atoms with Crippen LogP contribution in [0.15, 0.2) is 47.3 Å². The number of nitrogens with zero attached hydrogens (tertiary/aromatic N) is 4. The van der Waals surface area contributed by atoms with Gasteiger partial charge in [-0.25, -0.2) is 9.97 Å². The van der Waals surface area contributed by atoms with Gasteiger partial charge in [-0.2, -0.15) is 0 Å². The van der Waals surface area contributed by atoms with Gasteiger partial charge in [-0.15, -0.1) is 0 Å². The molecular weight excluding hydrogens is 470 g/mol. The second-order valence-corrected chi connectivity index (χ2v) is 7.61. The summed E-state index contributed by atoms with van der Waals surface area (Å²) in [6.45, 7) is 2.63. The van der Waals surface area contributed by atoms with Gasteiger partial charge in [0.1, 0.15) is 23.6 Å². The molecule has 0 spiro atoms. The Hall–Kier alpha value is -4.35. The van der Waals surface area contributed by atoms with Gasteiger partial charge in [-0.1, -0.05) is 0 Å². The lowest BCUT2D eigenvalue weighted by Gasteiger charge is -2.22. The maximum Gasteiger partial charge on any atom is 0.353 e. The zero-order valence-corrected chi connectivity index (χ0v) is 20.4. The van der Waals surface area contributed by atoms with E-state index in [4.69, 9.17) is 18.6 Å². The molecule has 0 amide bonds. The van der Waals surface area contributed by atoms with Crippen molar-refractivity contribution in [1.82, 2.24) is 9.97 Å². The number of hydrogen-bond donors (Lipinski definition) is 1. The molecule has 2 aromatic heterocycles. The van der Waals surface area contributed by atoms with Crippen LogP contribution in [0.25, 0.3) is 0 Å². The molecule has 36 heavy (non-hydrogen) atoms. The van der Waals surface area contributed by atoms with Crippen molar-refractivity contribution >= 4 is 23.3 Å². The second kappa shape index (κ2) is 12.9. The van der Waals surface area contributed by atoms with Crippen LogP contribution in [0.5, 0.6) is 11.5 Å². The van der Waals surface area contributed by atoms with Crippen LogP contribution in [0.4, 0.5) is 17.3 Å². The molecule has 0 atom stereocenters. The number of benzene rings is 1. The fraction of sp³-hybridized carbons (Fsp3) is 0.375. The number of esters is 1. The molecule has 192 valence electrons. The van der Waals surface area contributed by atoms with Gasteiger partial charge in [0, 0.05) is 19.2 Å². The molecule has 12 heteroatoms. The summed E-state index contributed by atoms with van der Waals surface area (Å²) in [5.74, 6) is 1.59. The minimum absolute atomic E-state index is 0.0239. The Kier molecular flexibility index (Phi) is 9.43. The van der Waals surface area contributed by atoms with E-state index in [0.717, 1.165) is 5.56 Å². The number of carbonyl (C=O) groups is 1. The first-order valence-corrected chi connectivity index (χ1v) is 11.3. The molecule has 0 aliphatic heterocycles.